The number of hydrogen-bond donors (Lipinski definition) is 9. The predicted molar refractivity (Wildman–Crippen MR) is 133 cm³/mol. The van der Waals surface area contributed by atoms with Crippen molar-refractivity contribution in [1.29, 1.82) is 0 Å². The highest BCUT2D eigenvalue weighted by molar-refractivity contribution is 7.98. The number of aliphatic imine (C=N–C) groups is 1. The van der Waals surface area contributed by atoms with E-state index in [1.165, 1.54) is 11.8 Å². The molecule has 0 spiro atoms. The Morgan fingerprint density at radius 1 is 0.811 bits per heavy atom. The number of thioether (sulfide) groups is 1. The number of nitrogens with zero attached hydrogens (tertiary/aromatic N) is 1. The Morgan fingerprint density at radius 2 is 1.38 bits per heavy atom. The van der Waals surface area contributed by atoms with Crippen LogP contribution < -0.4 is 33.2 Å². The first-order valence-corrected chi connectivity index (χ1v) is 12.5. The maximum atomic E-state index is 12.9. The number of carboxylic acids is 3. The van der Waals surface area contributed by atoms with Gasteiger partial charge in [-0.1, -0.05) is 0 Å². The van der Waals surface area contributed by atoms with Crippen molar-refractivity contribution < 1.29 is 44.1 Å². The highest BCUT2D eigenvalue weighted by Crippen LogP contribution is 2.06. The highest BCUT2D eigenvalue weighted by atomic mass is 32.2. The van der Waals surface area contributed by atoms with Crippen LogP contribution in [0.15, 0.2) is 4.99 Å². The second kappa shape index (κ2) is 17.8. The molecule has 0 saturated carbocycles. The highest BCUT2D eigenvalue weighted by Gasteiger charge is 2.31. The SMILES string of the molecule is CSCCC(N)C(=O)NC(CC(=O)O)C(=O)NC(CCCN=C(N)N)C(=O)NC(CCC(=O)O)C(=O)O. The van der Waals surface area contributed by atoms with Crippen molar-refractivity contribution in [2.45, 2.75) is 62.7 Å². The van der Waals surface area contributed by atoms with Gasteiger partial charge in [0.05, 0.1) is 12.5 Å². The molecular weight excluding hydrogens is 514 g/mol. The lowest BCUT2D eigenvalue weighted by molar-refractivity contribution is -0.144. The number of aliphatic carboxylic acids is 3. The summed E-state index contributed by atoms with van der Waals surface area (Å²) >= 11 is 1.44. The van der Waals surface area contributed by atoms with E-state index in [4.69, 9.17) is 22.3 Å². The fraction of sp³-hybridized carbons (Fsp3) is 0.650. The second-order valence-electron chi connectivity index (χ2n) is 7.89. The average molecular weight is 550 g/mol. The van der Waals surface area contributed by atoms with Crippen molar-refractivity contribution in [2.75, 3.05) is 18.6 Å². The Labute approximate surface area is 217 Å². The van der Waals surface area contributed by atoms with Gasteiger partial charge in [-0.25, -0.2) is 4.79 Å². The van der Waals surface area contributed by atoms with E-state index in [0.29, 0.717) is 5.75 Å². The molecular formula is C20H35N7O9S. The summed E-state index contributed by atoms with van der Waals surface area (Å²) in [5.41, 5.74) is 16.3. The fourth-order valence-electron chi connectivity index (χ4n) is 2.88. The second-order valence-corrected chi connectivity index (χ2v) is 8.87. The minimum atomic E-state index is -1.58. The zero-order valence-corrected chi connectivity index (χ0v) is 21.2. The first-order valence-electron chi connectivity index (χ1n) is 11.2. The maximum Gasteiger partial charge on any atom is 0.326 e. The fourth-order valence-corrected chi connectivity index (χ4v) is 3.37. The number of guanidine groups is 1. The number of rotatable bonds is 19. The molecule has 17 heteroatoms. The van der Waals surface area contributed by atoms with Crippen molar-refractivity contribution in [3.05, 3.63) is 0 Å². The van der Waals surface area contributed by atoms with Crippen LogP contribution in [0.4, 0.5) is 0 Å². The summed E-state index contributed by atoms with van der Waals surface area (Å²) in [6.07, 6.45) is 0.362. The van der Waals surface area contributed by atoms with Crippen LogP contribution in [0.2, 0.25) is 0 Å². The van der Waals surface area contributed by atoms with Gasteiger partial charge in [-0.05, 0) is 37.7 Å². The molecule has 4 unspecified atom stereocenters. The summed E-state index contributed by atoms with van der Waals surface area (Å²) in [5.74, 6) is -6.59. The van der Waals surface area contributed by atoms with Gasteiger partial charge in [-0.15, -0.1) is 0 Å². The molecule has 0 aliphatic rings. The Balaban J connectivity index is 5.64. The normalized spacial score (nSPS) is 13.8. The van der Waals surface area contributed by atoms with E-state index in [0.717, 1.165) is 0 Å². The van der Waals surface area contributed by atoms with E-state index < -0.39 is 79.1 Å². The molecule has 4 atom stereocenters. The Kier molecular flexibility index (Phi) is 16.0. The first-order chi connectivity index (χ1) is 17.3. The molecule has 0 saturated heterocycles. The lowest BCUT2D eigenvalue weighted by atomic mass is 10.1. The molecule has 0 heterocycles. The third-order valence-corrected chi connectivity index (χ3v) is 5.47. The number of carbonyl (C=O) groups is 6. The van der Waals surface area contributed by atoms with Gasteiger partial charge in [0.2, 0.25) is 17.7 Å². The summed E-state index contributed by atoms with van der Waals surface area (Å²) in [7, 11) is 0. The Bertz CT molecular complexity index is 852. The maximum absolute atomic E-state index is 12.9. The molecule has 0 rings (SSSR count). The van der Waals surface area contributed by atoms with Gasteiger partial charge in [-0.3, -0.25) is 29.0 Å². The lowest BCUT2D eigenvalue weighted by Crippen LogP contribution is -2.57. The minimum Gasteiger partial charge on any atom is -0.481 e. The third kappa shape index (κ3) is 15.2. The van der Waals surface area contributed by atoms with Crippen LogP contribution in [0, 0.1) is 0 Å². The van der Waals surface area contributed by atoms with Gasteiger partial charge in [0.1, 0.15) is 18.1 Å². The van der Waals surface area contributed by atoms with Gasteiger partial charge < -0.3 is 48.5 Å². The van der Waals surface area contributed by atoms with E-state index in [9.17, 15) is 39.0 Å². The molecule has 16 nitrogen and oxygen atoms in total. The molecule has 210 valence electrons. The van der Waals surface area contributed by atoms with Crippen LogP contribution in [-0.4, -0.2) is 99.6 Å². The number of nitrogens with one attached hydrogen (secondary N) is 3. The van der Waals surface area contributed by atoms with Gasteiger partial charge in [-0.2, -0.15) is 11.8 Å². The number of carboxylic acid groups (broad SMARTS) is 3. The minimum absolute atomic E-state index is 0.0585. The van der Waals surface area contributed by atoms with Crippen molar-refractivity contribution in [1.82, 2.24) is 16.0 Å². The molecule has 0 aromatic rings. The summed E-state index contributed by atoms with van der Waals surface area (Å²) < 4.78 is 0. The zero-order chi connectivity index (χ0) is 28.5. The molecule has 0 aromatic carbocycles. The van der Waals surface area contributed by atoms with Crippen molar-refractivity contribution >= 4 is 53.4 Å². The monoisotopic (exact) mass is 549 g/mol. The smallest absolute Gasteiger partial charge is 0.326 e. The van der Waals surface area contributed by atoms with Crippen molar-refractivity contribution in [2.24, 2.45) is 22.2 Å². The Morgan fingerprint density at radius 3 is 1.89 bits per heavy atom. The zero-order valence-electron chi connectivity index (χ0n) is 20.3. The Hall–Kier alpha value is -3.60. The predicted octanol–water partition coefficient (Wildman–Crippen LogP) is -3.00. The van der Waals surface area contributed by atoms with Crippen LogP contribution in [0.25, 0.3) is 0 Å². The van der Waals surface area contributed by atoms with Crippen molar-refractivity contribution in [3.8, 4) is 0 Å². The topological polar surface area (TPSA) is 290 Å². The van der Waals surface area contributed by atoms with E-state index in [1.807, 2.05) is 0 Å². The number of nitrogens with two attached hydrogens (primary N) is 3. The summed E-state index contributed by atoms with van der Waals surface area (Å²) in [4.78, 5) is 75.3. The first kappa shape index (κ1) is 33.4. The van der Waals surface area contributed by atoms with E-state index in [-0.39, 0.29) is 31.8 Å². The van der Waals surface area contributed by atoms with Crippen LogP contribution in [0.5, 0.6) is 0 Å². The van der Waals surface area contributed by atoms with Crippen molar-refractivity contribution in [3.63, 3.8) is 0 Å². The van der Waals surface area contributed by atoms with Gasteiger partial charge >= 0.3 is 17.9 Å². The number of carbonyl (C=O) groups excluding carboxylic acids is 3. The number of amides is 3. The van der Waals surface area contributed by atoms with E-state index in [2.05, 4.69) is 20.9 Å². The van der Waals surface area contributed by atoms with Crippen LogP contribution >= 0.6 is 11.8 Å². The standard InChI is InChI=1S/C20H35N7O9S/c1-37-8-6-10(21)16(32)27-13(9-15(30)31)18(34)25-11(3-2-7-24-20(22)23)17(33)26-12(19(35)36)4-5-14(28)29/h10-13H,2-9,21H2,1H3,(H,25,34)(H,26,33)(H,27,32)(H,28,29)(H,30,31)(H,35,36)(H4,22,23,24). The summed E-state index contributed by atoms with van der Waals surface area (Å²) in [5, 5.41) is 34.0. The largest absolute Gasteiger partial charge is 0.481 e. The van der Waals surface area contributed by atoms with Gasteiger partial charge in [0.25, 0.3) is 0 Å². The quantitative estimate of drug-likeness (QED) is 0.0441. The van der Waals surface area contributed by atoms with Crippen LogP contribution in [-0.2, 0) is 28.8 Å². The molecule has 0 fully saturated rings. The van der Waals surface area contributed by atoms with E-state index in [1.54, 1.807) is 6.26 Å². The van der Waals surface area contributed by atoms with Gasteiger partial charge in [0, 0.05) is 13.0 Å². The number of hydrogen-bond acceptors (Lipinski definition) is 9. The van der Waals surface area contributed by atoms with E-state index >= 15 is 0 Å². The molecule has 0 radical (unpaired) electrons. The molecule has 3 amide bonds. The molecule has 37 heavy (non-hydrogen) atoms. The van der Waals surface area contributed by atoms with Crippen LogP contribution in [0.3, 0.4) is 0 Å². The molecule has 12 N–H and O–H groups in total. The summed E-state index contributed by atoms with van der Waals surface area (Å²) in [6, 6.07) is -5.53. The molecule has 0 aliphatic carbocycles. The molecule has 0 bridgehead atoms. The van der Waals surface area contributed by atoms with Crippen LogP contribution in [0.1, 0.15) is 38.5 Å². The van der Waals surface area contributed by atoms with Gasteiger partial charge in [0.15, 0.2) is 5.96 Å². The third-order valence-electron chi connectivity index (χ3n) is 4.82. The summed E-state index contributed by atoms with van der Waals surface area (Å²) in [6.45, 7) is 0.0585. The molecule has 0 aliphatic heterocycles. The molecule has 0 aromatic heterocycles. The lowest BCUT2D eigenvalue weighted by Gasteiger charge is -2.24. The average Bonchev–Trinajstić information content (AvgIpc) is 2.80.